The Hall–Kier alpha value is -4.08. The van der Waals surface area contributed by atoms with Crippen molar-refractivity contribution >= 4 is 35.0 Å². The first-order chi connectivity index (χ1) is 22.0. The highest BCUT2D eigenvalue weighted by molar-refractivity contribution is 6.12. The van der Waals surface area contributed by atoms with Gasteiger partial charge in [0.05, 0.1) is 28.6 Å². The number of amides is 4. The molecule has 0 radical (unpaired) electrons. The fraction of sp³-hybridized carbons (Fsp3) is 0.556. The highest BCUT2D eigenvalue weighted by atomic mass is 16.6. The molecule has 2 heterocycles. The lowest BCUT2D eigenvalue weighted by molar-refractivity contribution is -0.385. The molecule has 2 aliphatic carbocycles. The average Bonchev–Trinajstić information content (AvgIpc) is 3.81. The zero-order valence-electron chi connectivity index (χ0n) is 27.4. The molecule has 2 aliphatic heterocycles. The van der Waals surface area contributed by atoms with Crippen molar-refractivity contribution in [1.29, 1.82) is 0 Å². The lowest BCUT2D eigenvalue weighted by atomic mass is 9.90. The minimum Gasteiger partial charge on any atom is -0.398 e. The standard InChI is InChI=1S/C18H22N2O4.C18H24N2O2/c1-3-4-5-8-11-19-16(21)14-15(17(19)22)18(14,2)12-9-6-7-10-13(12)20(23)24;1-3-4-5-8-11-20-16(21)14-15(17(20)22)18(14,2)12-9-6-7-10-13(12)19/h6-7,9-10,14-15H,3-5,8,11H2,1-2H3;6-7,9-10,14-15H,3-5,8,11,19H2,1-2H3. The molecule has 4 amide bonds. The Balaban J connectivity index is 0.000000182. The third kappa shape index (κ3) is 5.39. The van der Waals surface area contributed by atoms with Gasteiger partial charge in [-0.1, -0.05) is 103 Å². The Morgan fingerprint density at radius 3 is 1.46 bits per heavy atom. The van der Waals surface area contributed by atoms with Crippen molar-refractivity contribution in [1.82, 2.24) is 9.80 Å². The van der Waals surface area contributed by atoms with Crippen LogP contribution in [0.4, 0.5) is 11.4 Å². The van der Waals surface area contributed by atoms with Gasteiger partial charge in [-0.25, -0.2) is 0 Å². The smallest absolute Gasteiger partial charge is 0.273 e. The molecular formula is C36H46N4O6. The summed E-state index contributed by atoms with van der Waals surface area (Å²) < 4.78 is 0. The number of para-hydroxylation sites is 2. The Bertz CT molecular complexity index is 1490. The first kappa shape index (κ1) is 33.3. The summed E-state index contributed by atoms with van der Waals surface area (Å²) in [6.45, 7) is 9.10. The van der Waals surface area contributed by atoms with Crippen LogP contribution in [0.2, 0.25) is 0 Å². The quantitative estimate of drug-likeness (QED) is 0.0973. The molecule has 4 unspecified atom stereocenters. The number of carbonyl (C=O) groups excluding carboxylic acids is 4. The summed E-state index contributed by atoms with van der Waals surface area (Å²) in [4.78, 5) is 64.1. The van der Waals surface area contributed by atoms with Crippen LogP contribution in [0.3, 0.4) is 0 Å². The molecule has 2 saturated heterocycles. The fourth-order valence-corrected chi connectivity index (χ4v) is 8.09. The maximum Gasteiger partial charge on any atom is 0.273 e. The van der Waals surface area contributed by atoms with Crippen LogP contribution in [0.25, 0.3) is 0 Å². The third-order valence-corrected chi connectivity index (χ3v) is 10.9. The predicted molar refractivity (Wildman–Crippen MR) is 174 cm³/mol. The second kappa shape index (κ2) is 13.0. The van der Waals surface area contributed by atoms with Gasteiger partial charge in [0, 0.05) is 41.2 Å². The number of carbonyl (C=O) groups is 4. The number of piperidine rings is 2. The zero-order valence-corrected chi connectivity index (χ0v) is 27.4. The Labute approximate surface area is 270 Å². The highest BCUT2D eigenvalue weighted by Gasteiger charge is 2.77. The van der Waals surface area contributed by atoms with Gasteiger partial charge in [0.15, 0.2) is 0 Å². The van der Waals surface area contributed by atoms with E-state index in [1.807, 2.05) is 31.2 Å². The maximum absolute atomic E-state index is 12.6. The van der Waals surface area contributed by atoms with Crippen molar-refractivity contribution in [2.45, 2.75) is 89.9 Å². The second-order valence-electron chi connectivity index (χ2n) is 13.6. The van der Waals surface area contributed by atoms with E-state index in [1.165, 1.54) is 15.9 Å². The average molecular weight is 631 g/mol. The van der Waals surface area contributed by atoms with Gasteiger partial charge in [0.1, 0.15) is 0 Å². The number of nitrogen functional groups attached to an aromatic ring is 1. The molecule has 6 rings (SSSR count). The molecule has 0 bridgehead atoms. The van der Waals surface area contributed by atoms with Crippen molar-refractivity contribution in [3.8, 4) is 0 Å². The molecule has 10 heteroatoms. The van der Waals surface area contributed by atoms with Crippen LogP contribution in [0.5, 0.6) is 0 Å². The number of anilines is 1. The lowest BCUT2D eigenvalue weighted by Crippen LogP contribution is -2.38. The van der Waals surface area contributed by atoms with E-state index in [4.69, 9.17) is 5.73 Å². The van der Waals surface area contributed by atoms with E-state index in [2.05, 4.69) is 13.8 Å². The number of fused-ring (bicyclic) bond motifs is 2. The number of imide groups is 2. The molecule has 0 aromatic heterocycles. The molecule has 2 N–H and O–H groups in total. The molecular weight excluding hydrogens is 584 g/mol. The van der Waals surface area contributed by atoms with Crippen LogP contribution in [0.15, 0.2) is 48.5 Å². The number of nitro benzene ring substituents is 1. The second-order valence-corrected chi connectivity index (χ2v) is 13.6. The normalized spacial score (nSPS) is 29.0. The van der Waals surface area contributed by atoms with E-state index in [0.717, 1.165) is 56.9 Å². The van der Waals surface area contributed by atoms with Crippen molar-refractivity contribution < 1.29 is 24.1 Å². The van der Waals surface area contributed by atoms with E-state index in [-0.39, 0.29) is 41.2 Å². The minimum absolute atomic E-state index is 0.00254. The Morgan fingerprint density at radius 2 is 1.04 bits per heavy atom. The molecule has 2 aromatic rings. The molecule has 10 nitrogen and oxygen atoms in total. The number of nitrogens with zero attached hydrogens (tertiary/aromatic N) is 3. The van der Waals surface area contributed by atoms with Crippen molar-refractivity contribution in [2.75, 3.05) is 18.8 Å². The molecule has 4 aliphatic rings. The predicted octanol–water partition coefficient (Wildman–Crippen LogP) is 5.77. The van der Waals surface area contributed by atoms with Gasteiger partial charge in [-0.15, -0.1) is 0 Å². The summed E-state index contributed by atoms with van der Waals surface area (Å²) in [7, 11) is 0. The zero-order chi connectivity index (χ0) is 33.4. The highest BCUT2D eigenvalue weighted by Crippen LogP contribution is 2.66. The number of rotatable bonds is 13. The Kier molecular flexibility index (Phi) is 9.38. The van der Waals surface area contributed by atoms with Gasteiger partial charge in [-0.3, -0.25) is 39.1 Å². The summed E-state index contributed by atoms with van der Waals surface area (Å²) in [6.07, 6.45) is 8.32. The Morgan fingerprint density at radius 1 is 0.652 bits per heavy atom. The molecule has 2 aromatic carbocycles. The van der Waals surface area contributed by atoms with Crippen LogP contribution < -0.4 is 5.73 Å². The summed E-state index contributed by atoms with van der Waals surface area (Å²) in [5, 5.41) is 11.3. The van der Waals surface area contributed by atoms with Crippen LogP contribution in [-0.2, 0) is 30.0 Å². The van der Waals surface area contributed by atoms with Crippen molar-refractivity contribution in [3.05, 3.63) is 69.8 Å². The van der Waals surface area contributed by atoms with Gasteiger partial charge in [-0.2, -0.15) is 0 Å². The van der Waals surface area contributed by atoms with Crippen LogP contribution in [-0.4, -0.2) is 51.4 Å². The SMILES string of the molecule is CCCCCCN1C(=O)C2C(C1=O)C2(C)c1ccccc1N.CCCCCCN1C(=O)C2C(C1=O)C2(C)c1ccccc1[N+](=O)[O-]. The number of nitro groups is 1. The third-order valence-electron chi connectivity index (χ3n) is 10.9. The summed E-state index contributed by atoms with van der Waals surface area (Å²) >= 11 is 0. The summed E-state index contributed by atoms with van der Waals surface area (Å²) in [6, 6.07) is 14.0. The minimum atomic E-state index is -0.738. The van der Waals surface area contributed by atoms with E-state index in [9.17, 15) is 29.3 Å². The lowest BCUT2D eigenvalue weighted by Gasteiger charge is -2.24. The van der Waals surface area contributed by atoms with Crippen LogP contribution in [0, 0.1) is 33.8 Å². The molecule has 0 spiro atoms. The first-order valence-electron chi connectivity index (χ1n) is 16.8. The first-order valence-corrected chi connectivity index (χ1v) is 16.8. The summed E-state index contributed by atoms with van der Waals surface area (Å²) in [5.74, 6) is -1.65. The summed E-state index contributed by atoms with van der Waals surface area (Å²) in [5.41, 5.74) is 7.02. The number of nitrogens with two attached hydrogens (primary N) is 1. The van der Waals surface area contributed by atoms with Crippen molar-refractivity contribution in [2.24, 2.45) is 23.7 Å². The van der Waals surface area contributed by atoms with E-state index in [0.29, 0.717) is 24.3 Å². The number of hydrogen-bond acceptors (Lipinski definition) is 7. The maximum atomic E-state index is 12.6. The monoisotopic (exact) mass is 630 g/mol. The van der Waals surface area contributed by atoms with E-state index >= 15 is 0 Å². The molecule has 4 atom stereocenters. The van der Waals surface area contributed by atoms with E-state index in [1.54, 1.807) is 25.1 Å². The van der Waals surface area contributed by atoms with Crippen LogP contribution in [0.1, 0.15) is 90.2 Å². The van der Waals surface area contributed by atoms with Gasteiger partial charge >= 0.3 is 0 Å². The molecule has 4 fully saturated rings. The molecule has 246 valence electrons. The number of likely N-dealkylation sites (tertiary alicyclic amines) is 2. The number of benzene rings is 2. The van der Waals surface area contributed by atoms with Gasteiger partial charge < -0.3 is 5.73 Å². The largest absolute Gasteiger partial charge is 0.398 e. The number of unbranched alkanes of at least 4 members (excludes halogenated alkanes) is 6. The molecule has 2 saturated carbocycles. The fourth-order valence-electron chi connectivity index (χ4n) is 8.09. The topological polar surface area (TPSA) is 144 Å². The number of hydrogen-bond donors (Lipinski definition) is 1. The van der Waals surface area contributed by atoms with Gasteiger partial charge in [0.25, 0.3) is 5.69 Å². The van der Waals surface area contributed by atoms with Gasteiger partial charge in [0.2, 0.25) is 23.6 Å². The van der Waals surface area contributed by atoms with E-state index < -0.39 is 27.6 Å². The van der Waals surface area contributed by atoms with Crippen LogP contribution >= 0.6 is 0 Å². The van der Waals surface area contributed by atoms with Crippen molar-refractivity contribution in [3.63, 3.8) is 0 Å². The van der Waals surface area contributed by atoms with Gasteiger partial charge in [-0.05, 0) is 24.5 Å². The molecule has 46 heavy (non-hydrogen) atoms.